The number of rotatable bonds is 7. The van der Waals surface area contributed by atoms with Gasteiger partial charge in [0.2, 0.25) is 5.91 Å². The van der Waals surface area contributed by atoms with Crippen LogP contribution < -0.4 is 4.74 Å². The van der Waals surface area contributed by atoms with Gasteiger partial charge < -0.3 is 14.7 Å². The smallest absolute Gasteiger partial charge is 0.227 e. The Balaban J connectivity index is 2.64. The van der Waals surface area contributed by atoms with Crippen LogP contribution in [0.2, 0.25) is 0 Å². The van der Waals surface area contributed by atoms with Crippen LogP contribution in [0.4, 0.5) is 0 Å². The maximum absolute atomic E-state index is 12.2. The van der Waals surface area contributed by atoms with Crippen molar-refractivity contribution < 1.29 is 14.6 Å². The zero-order chi connectivity index (χ0) is 14.3. The molecule has 1 aromatic rings. The molecular weight excluding hydrogens is 242 g/mol. The largest absolute Gasteiger partial charge is 0.497 e. The lowest BCUT2D eigenvalue weighted by Gasteiger charge is -2.26. The van der Waals surface area contributed by atoms with E-state index in [-0.39, 0.29) is 18.6 Å². The number of hydrogen-bond donors (Lipinski definition) is 1. The van der Waals surface area contributed by atoms with Crippen LogP contribution in [0.15, 0.2) is 24.3 Å². The minimum atomic E-state index is 0.0913. The van der Waals surface area contributed by atoms with Gasteiger partial charge in [-0.05, 0) is 38.0 Å². The maximum Gasteiger partial charge on any atom is 0.227 e. The fourth-order valence-electron chi connectivity index (χ4n) is 1.93. The van der Waals surface area contributed by atoms with Gasteiger partial charge >= 0.3 is 0 Å². The molecule has 0 aliphatic carbocycles. The molecule has 0 aliphatic rings. The number of aliphatic hydroxyl groups excluding tert-OH is 1. The van der Waals surface area contributed by atoms with E-state index < -0.39 is 0 Å². The van der Waals surface area contributed by atoms with Crippen molar-refractivity contribution in [3.8, 4) is 5.75 Å². The Bertz CT molecular complexity index is 387. The van der Waals surface area contributed by atoms with E-state index in [1.54, 1.807) is 12.0 Å². The maximum atomic E-state index is 12.2. The molecule has 0 unspecified atom stereocenters. The van der Waals surface area contributed by atoms with Gasteiger partial charge in [0.05, 0.1) is 13.5 Å². The van der Waals surface area contributed by atoms with Crippen LogP contribution in [0.5, 0.6) is 5.75 Å². The van der Waals surface area contributed by atoms with Gasteiger partial charge in [-0.2, -0.15) is 0 Å². The lowest BCUT2D eigenvalue weighted by Crippen LogP contribution is -2.39. The van der Waals surface area contributed by atoms with E-state index >= 15 is 0 Å². The third-order valence-corrected chi connectivity index (χ3v) is 3.02. The third-order valence-electron chi connectivity index (χ3n) is 3.02. The van der Waals surface area contributed by atoms with Crippen LogP contribution in [-0.4, -0.2) is 42.2 Å². The second kappa shape index (κ2) is 7.79. The summed E-state index contributed by atoms with van der Waals surface area (Å²) in [6, 6.07) is 7.67. The number of ether oxygens (including phenoxy) is 1. The monoisotopic (exact) mass is 265 g/mol. The number of methoxy groups -OCH3 is 1. The molecule has 1 aromatic carbocycles. The minimum Gasteiger partial charge on any atom is -0.497 e. The summed E-state index contributed by atoms with van der Waals surface area (Å²) in [6.07, 6.45) is 1.00. The van der Waals surface area contributed by atoms with E-state index in [2.05, 4.69) is 0 Å². The summed E-state index contributed by atoms with van der Waals surface area (Å²) in [7, 11) is 1.62. The molecular formula is C15H23NO3. The highest BCUT2D eigenvalue weighted by molar-refractivity contribution is 5.79. The summed E-state index contributed by atoms with van der Waals surface area (Å²) >= 11 is 0. The molecule has 0 saturated heterocycles. The van der Waals surface area contributed by atoms with Gasteiger partial charge in [-0.25, -0.2) is 0 Å². The third kappa shape index (κ3) is 4.91. The first-order valence-corrected chi connectivity index (χ1v) is 6.61. The Morgan fingerprint density at radius 3 is 2.42 bits per heavy atom. The second-order valence-corrected chi connectivity index (χ2v) is 4.78. The quantitative estimate of drug-likeness (QED) is 0.818. The zero-order valence-electron chi connectivity index (χ0n) is 11.9. The molecule has 1 N–H and O–H groups in total. The molecule has 1 rings (SSSR count). The average molecular weight is 265 g/mol. The highest BCUT2D eigenvalue weighted by Crippen LogP contribution is 2.13. The van der Waals surface area contributed by atoms with Gasteiger partial charge in [0.15, 0.2) is 0 Å². The summed E-state index contributed by atoms with van der Waals surface area (Å²) in [5.74, 6) is 0.880. The predicted molar refractivity (Wildman–Crippen MR) is 75.2 cm³/mol. The summed E-state index contributed by atoms with van der Waals surface area (Å²) in [4.78, 5) is 14.0. The summed E-state index contributed by atoms with van der Waals surface area (Å²) in [6.45, 7) is 4.69. The molecule has 0 saturated carbocycles. The molecule has 4 nitrogen and oxygen atoms in total. The van der Waals surface area contributed by atoms with Gasteiger partial charge in [-0.15, -0.1) is 0 Å². The Hall–Kier alpha value is -1.55. The highest BCUT2D eigenvalue weighted by Gasteiger charge is 2.16. The van der Waals surface area contributed by atoms with E-state index in [1.807, 2.05) is 38.1 Å². The number of amides is 1. The van der Waals surface area contributed by atoms with E-state index in [0.717, 1.165) is 11.3 Å². The predicted octanol–water partition coefficient (Wildman–Crippen LogP) is 1.86. The lowest BCUT2D eigenvalue weighted by molar-refractivity contribution is -0.132. The SMILES string of the molecule is COc1ccc(CC(=O)N(CCCO)C(C)C)cc1. The summed E-state index contributed by atoms with van der Waals surface area (Å²) in [5, 5.41) is 8.87. The molecule has 1 amide bonds. The lowest BCUT2D eigenvalue weighted by atomic mass is 10.1. The Morgan fingerprint density at radius 2 is 1.95 bits per heavy atom. The van der Waals surface area contributed by atoms with E-state index in [1.165, 1.54) is 0 Å². The number of carbonyl (C=O) groups is 1. The number of nitrogens with zero attached hydrogens (tertiary/aromatic N) is 1. The molecule has 0 bridgehead atoms. The zero-order valence-corrected chi connectivity index (χ0v) is 11.9. The van der Waals surface area contributed by atoms with Crippen LogP contribution in [-0.2, 0) is 11.2 Å². The van der Waals surface area contributed by atoms with E-state index in [0.29, 0.717) is 19.4 Å². The van der Waals surface area contributed by atoms with Crippen molar-refractivity contribution in [3.63, 3.8) is 0 Å². The highest BCUT2D eigenvalue weighted by atomic mass is 16.5. The fourth-order valence-corrected chi connectivity index (χ4v) is 1.93. The molecule has 0 radical (unpaired) electrons. The fraction of sp³-hybridized carbons (Fsp3) is 0.533. The second-order valence-electron chi connectivity index (χ2n) is 4.78. The van der Waals surface area contributed by atoms with Crippen molar-refractivity contribution in [2.75, 3.05) is 20.3 Å². The van der Waals surface area contributed by atoms with Gasteiger partial charge in [0.1, 0.15) is 5.75 Å². The summed E-state index contributed by atoms with van der Waals surface area (Å²) in [5.41, 5.74) is 0.973. The Morgan fingerprint density at radius 1 is 1.32 bits per heavy atom. The molecule has 0 spiro atoms. The van der Waals surface area contributed by atoms with Gasteiger partial charge in [0.25, 0.3) is 0 Å². The number of hydrogen-bond acceptors (Lipinski definition) is 3. The average Bonchev–Trinajstić information content (AvgIpc) is 2.39. The normalized spacial score (nSPS) is 10.6. The van der Waals surface area contributed by atoms with Gasteiger partial charge in [-0.3, -0.25) is 4.79 Å². The van der Waals surface area contributed by atoms with Crippen LogP contribution in [0.3, 0.4) is 0 Å². The number of aliphatic hydroxyl groups is 1. The minimum absolute atomic E-state index is 0.0913. The molecule has 4 heteroatoms. The van der Waals surface area contributed by atoms with Crippen molar-refractivity contribution >= 4 is 5.91 Å². The van der Waals surface area contributed by atoms with Crippen molar-refractivity contribution in [1.82, 2.24) is 4.90 Å². The van der Waals surface area contributed by atoms with Crippen LogP contribution in [0.25, 0.3) is 0 Å². The molecule has 0 atom stereocenters. The van der Waals surface area contributed by atoms with Crippen LogP contribution in [0.1, 0.15) is 25.8 Å². The molecule has 0 aromatic heterocycles. The van der Waals surface area contributed by atoms with Crippen LogP contribution in [0, 0.1) is 0 Å². The first-order chi connectivity index (χ1) is 9.08. The van der Waals surface area contributed by atoms with E-state index in [4.69, 9.17) is 9.84 Å². The first kappa shape index (κ1) is 15.5. The Labute approximate surface area is 115 Å². The van der Waals surface area contributed by atoms with Gasteiger partial charge in [-0.1, -0.05) is 12.1 Å². The molecule has 0 fully saturated rings. The number of benzene rings is 1. The Kier molecular flexibility index (Phi) is 6.36. The molecule has 0 aliphatic heterocycles. The van der Waals surface area contributed by atoms with Crippen molar-refractivity contribution in [2.24, 2.45) is 0 Å². The van der Waals surface area contributed by atoms with E-state index in [9.17, 15) is 4.79 Å². The van der Waals surface area contributed by atoms with Crippen molar-refractivity contribution in [2.45, 2.75) is 32.7 Å². The molecule has 106 valence electrons. The molecule has 0 heterocycles. The van der Waals surface area contributed by atoms with Crippen molar-refractivity contribution in [1.29, 1.82) is 0 Å². The van der Waals surface area contributed by atoms with Crippen molar-refractivity contribution in [3.05, 3.63) is 29.8 Å². The summed E-state index contributed by atoms with van der Waals surface area (Å²) < 4.78 is 5.09. The topological polar surface area (TPSA) is 49.8 Å². The number of carbonyl (C=O) groups excluding carboxylic acids is 1. The van der Waals surface area contributed by atoms with Crippen LogP contribution >= 0.6 is 0 Å². The molecule has 19 heavy (non-hydrogen) atoms. The van der Waals surface area contributed by atoms with Gasteiger partial charge in [0, 0.05) is 19.2 Å². The first-order valence-electron chi connectivity index (χ1n) is 6.61. The standard InChI is InChI=1S/C15H23NO3/c1-12(2)16(9-4-10-17)15(18)11-13-5-7-14(19-3)8-6-13/h5-8,12,17H,4,9-11H2,1-3H3.